The number of carbonyl (C=O) groups excluding carboxylic acids is 2. The Hall–Kier alpha value is -3.15. The average Bonchev–Trinajstić information content (AvgIpc) is 2.97. The highest BCUT2D eigenvalue weighted by Crippen LogP contribution is 2.19. The van der Waals surface area contributed by atoms with Crippen molar-refractivity contribution in [3.8, 4) is 5.75 Å². The fourth-order valence-electron chi connectivity index (χ4n) is 2.26. The van der Waals surface area contributed by atoms with Gasteiger partial charge in [0.15, 0.2) is 5.78 Å². The first-order valence-electron chi connectivity index (χ1n) is 7.02. The normalized spacial score (nSPS) is 10.7. The van der Waals surface area contributed by atoms with Crippen LogP contribution in [0.15, 0.2) is 48.8 Å². The molecule has 23 heavy (non-hydrogen) atoms. The number of fused-ring (bicyclic) bond motifs is 1. The van der Waals surface area contributed by atoms with E-state index in [9.17, 15) is 14.7 Å². The van der Waals surface area contributed by atoms with Gasteiger partial charge in [0.1, 0.15) is 17.1 Å². The molecule has 6 heteroatoms. The van der Waals surface area contributed by atoms with Crippen molar-refractivity contribution in [2.24, 2.45) is 0 Å². The van der Waals surface area contributed by atoms with Crippen molar-refractivity contribution in [1.29, 1.82) is 0 Å². The number of ketones is 1. The molecule has 2 heterocycles. The van der Waals surface area contributed by atoms with E-state index in [1.54, 1.807) is 48.1 Å². The van der Waals surface area contributed by atoms with E-state index in [1.165, 1.54) is 24.0 Å². The van der Waals surface area contributed by atoms with Crippen LogP contribution >= 0.6 is 0 Å². The predicted octanol–water partition coefficient (Wildman–Crippen LogP) is 2.52. The number of amides is 1. The molecule has 116 valence electrons. The van der Waals surface area contributed by atoms with Gasteiger partial charge in [-0.3, -0.25) is 9.59 Å². The van der Waals surface area contributed by atoms with Gasteiger partial charge in [-0.25, -0.2) is 4.98 Å². The molecule has 3 rings (SSSR count). The second-order valence-electron chi connectivity index (χ2n) is 5.25. The largest absolute Gasteiger partial charge is 0.508 e. The minimum atomic E-state index is -0.198. The average molecular weight is 309 g/mol. The van der Waals surface area contributed by atoms with Crippen molar-refractivity contribution in [1.82, 2.24) is 9.38 Å². The van der Waals surface area contributed by atoms with Crippen molar-refractivity contribution in [3.63, 3.8) is 0 Å². The number of phenols is 1. The quantitative estimate of drug-likeness (QED) is 0.754. The predicted molar refractivity (Wildman–Crippen MR) is 86.0 cm³/mol. The van der Waals surface area contributed by atoms with Gasteiger partial charge in [0.2, 0.25) is 0 Å². The maximum Gasteiger partial charge on any atom is 0.258 e. The van der Waals surface area contributed by atoms with Crippen LogP contribution in [-0.2, 0) is 0 Å². The van der Waals surface area contributed by atoms with E-state index >= 15 is 0 Å². The third-order valence-electron chi connectivity index (χ3n) is 3.60. The van der Waals surface area contributed by atoms with Crippen LogP contribution in [0.1, 0.15) is 27.8 Å². The molecule has 0 aliphatic rings. The summed E-state index contributed by atoms with van der Waals surface area (Å²) in [4.78, 5) is 29.6. The standard InChI is InChI=1S/C17H15N3O3/c1-11(21)15-10-20-9-13(5-8-16(20)18-15)19(2)17(23)12-3-6-14(22)7-4-12/h3-10,22H,1-2H3. The first-order valence-corrected chi connectivity index (χ1v) is 7.02. The molecule has 0 saturated carbocycles. The van der Waals surface area contributed by atoms with Crippen LogP contribution in [0.4, 0.5) is 5.69 Å². The fourth-order valence-corrected chi connectivity index (χ4v) is 2.26. The number of carbonyl (C=O) groups is 2. The molecule has 0 spiro atoms. The van der Waals surface area contributed by atoms with Crippen LogP contribution in [0.3, 0.4) is 0 Å². The third kappa shape index (κ3) is 2.78. The molecule has 0 aliphatic carbocycles. The molecule has 0 fully saturated rings. The summed E-state index contributed by atoms with van der Waals surface area (Å²) in [6.45, 7) is 1.46. The lowest BCUT2D eigenvalue weighted by molar-refractivity contribution is 0.0989. The number of benzene rings is 1. The Balaban J connectivity index is 1.93. The molecule has 1 N–H and O–H groups in total. The maximum absolute atomic E-state index is 12.5. The van der Waals surface area contributed by atoms with Crippen molar-refractivity contribution in [2.45, 2.75) is 6.92 Å². The SMILES string of the molecule is CC(=O)c1cn2cc(N(C)C(=O)c3ccc(O)cc3)ccc2n1. The van der Waals surface area contributed by atoms with Gasteiger partial charge >= 0.3 is 0 Å². The topological polar surface area (TPSA) is 74.9 Å². The summed E-state index contributed by atoms with van der Waals surface area (Å²) in [7, 11) is 1.67. The van der Waals surface area contributed by atoms with Crippen LogP contribution in [0.25, 0.3) is 5.65 Å². The Morgan fingerprint density at radius 2 is 1.78 bits per heavy atom. The zero-order valence-electron chi connectivity index (χ0n) is 12.7. The second kappa shape index (κ2) is 5.57. The molecular weight excluding hydrogens is 294 g/mol. The van der Waals surface area contributed by atoms with E-state index < -0.39 is 0 Å². The Labute approximate surface area is 132 Å². The third-order valence-corrected chi connectivity index (χ3v) is 3.60. The summed E-state index contributed by atoms with van der Waals surface area (Å²) in [5, 5.41) is 9.30. The minimum absolute atomic E-state index is 0.108. The van der Waals surface area contributed by atoms with Gasteiger partial charge in [-0.1, -0.05) is 0 Å². The Bertz CT molecular complexity index is 897. The first kappa shape index (κ1) is 14.8. The summed E-state index contributed by atoms with van der Waals surface area (Å²) < 4.78 is 1.71. The molecule has 3 aromatic rings. The molecule has 0 bridgehead atoms. The lowest BCUT2D eigenvalue weighted by atomic mass is 10.2. The molecule has 0 radical (unpaired) electrons. The van der Waals surface area contributed by atoms with Crippen LogP contribution in [0.2, 0.25) is 0 Å². The zero-order valence-corrected chi connectivity index (χ0v) is 12.7. The highest BCUT2D eigenvalue weighted by Gasteiger charge is 2.15. The maximum atomic E-state index is 12.5. The Morgan fingerprint density at radius 1 is 1.09 bits per heavy atom. The number of hydrogen-bond donors (Lipinski definition) is 1. The van der Waals surface area contributed by atoms with Gasteiger partial charge in [-0.05, 0) is 36.4 Å². The summed E-state index contributed by atoms with van der Waals surface area (Å²) in [5.41, 5.74) is 2.17. The molecule has 0 aliphatic heterocycles. The summed E-state index contributed by atoms with van der Waals surface area (Å²) in [6, 6.07) is 9.60. The number of Topliss-reactive ketones (excluding diaryl/α,β-unsaturated/α-hetero) is 1. The smallest absolute Gasteiger partial charge is 0.258 e. The van der Waals surface area contributed by atoms with Crippen molar-refractivity contribution in [3.05, 3.63) is 60.0 Å². The summed E-state index contributed by atoms with van der Waals surface area (Å²) >= 11 is 0. The number of imidazole rings is 1. The van der Waals surface area contributed by atoms with Gasteiger partial charge in [0.25, 0.3) is 5.91 Å². The van der Waals surface area contributed by atoms with Gasteiger partial charge in [0.05, 0.1) is 5.69 Å². The minimum Gasteiger partial charge on any atom is -0.508 e. The Morgan fingerprint density at radius 3 is 2.43 bits per heavy atom. The van der Waals surface area contributed by atoms with Gasteiger partial charge in [0, 0.05) is 31.9 Å². The lowest BCUT2D eigenvalue weighted by Gasteiger charge is -2.17. The van der Waals surface area contributed by atoms with Crippen molar-refractivity contribution >= 4 is 23.0 Å². The van der Waals surface area contributed by atoms with Gasteiger partial charge in [-0.2, -0.15) is 0 Å². The van der Waals surface area contributed by atoms with E-state index in [2.05, 4.69) is 4.98 Å². The van der Waals surface area contributed by atoms with Gasteiger partial charge < -0.3 is 14.4 Å². The second-order valence-corrected chi connectivity index (χ2v) is 5.25. The lowest BCUT2D eigenvalue weighted by Crippen LogP contribution is -2.26. The summed E-state index contributed by atoms with van der Waals surface area (Å²) in [5.74, 6) is -0.194. The Kier molecular flexibility index (Phi) is 3.57. The van der Waals surface area contributed by atoms with E-state index in [1.807, 2.05) is 0 Å². The van der Waals surface area contributed by atoms with E-state index in [-0.39, 0.29) is 17.4 Å². The van der Waals surface area contributed by atoms with Crippen LogP contribution < -0.4 is 4.90 Å². The highest BCUT2D eigenvalue weighted by molar-refractivity contribution is 6.05. The number of pyridine rings is 1. The molecule has 1 aromatic carbocycles. The number of rotatable bonds is 3. The van der Waals surface area contributed by atoms with Crippen LogP contribution in [0.5, 0.6) is 5.75 Å². The molecular formula is C17H15N3O3. The van der Waals surface area contributed by atoms with Crippen molar-refractivity contribution in [2.75, 3.05) is 11.9 Å². The van der Waals surface area contributed by atoms with E-state index in [0.29, 0.717) is 22.6 Å². The zero-order chi connectivity index (χ0) is 16.6. The molecule has 0 saturated heterocycles. The van der Waals surface area contributed by atoms with E-state index in [0.717, 1.165) is 0 Å². The molecule has 6 nitrogen and oxygen atoms in total. The number of aromatic nitrogens is 2. The molecule has 1 amide bonds. The highest BCUT2D eigenvalue weighted by atomic mass is 16.3. The number of aromatic hydroxyl groups is 1. The van der Waals surface area contributed by atoms with Crippen LogP contribution in [-0.4, -0.2) is 33.2 Å². The molecule has 0 atom stereocenters. The monoisotopic (exact) mass is 309 g/mol. The van der Waals surface area contributed by atoms with Gasteiger partial charge in [-0.15, -0.1) is 0 Å². The first-order chi connectivity index (χ1) is 11.0. The number of hydrogen-bond acceptors (Lipinski definition) is 4. The molecule has 2 aromatic heterocycles. The van der Waals surface area contributed by atoms with Crippen LogP contribution in [0, 0.1) is 0 Å². The summed E-state index contributed by atoms with van der Waals surface area (Å²) in [6.07, 6.45) is 3.38. The number of phenolic OH excluding ortho intramolecular Hbond substituents is 1. The fraction of sp³-hybridized carbons (Fsp3) is 0.118. The molecule has 0 unspecified atom stereocenters. The number of anilines is 1. The number of nitrogens with zero attached hydrogens (tertiary/aromatic N) is 3. The van der Waals surface area contributed by atoms with E-state index in [4.69, 9.17) is 0 Å². The van der Waals surface area contributed by atoms with Crippen molar-refractivity contribution < 1.29 is 14.7 Å².